The highest BCUT2D eigenvalue weighted by atomic mass is 35.5. The van der Waals surface area contributed by atoms with Crippen LogP contribution < -0.4 is 10.0 Å². The van der Waals surface area contributed by atoms with E-state index in [1.54, 1.807) is 7.05 Å². The maximum atomic E-state index is 12.7. The van der Waals surface area contributed by atoms with E-state index in [0.717, 1.165) is 18.2 Å². The molecule has 12 heteroatoms. The minimum absolute atomic E-state index is 0. The standard InChI is InChI=1S/C14H17F3N4O3S.ClH/c1-9(18-2)6-12-20-13(24-21-12)8-19-25(22,23)11-5-3-4-10(7-11)14(15,16)17;/h3-5,7,9,18-19H,6,8H2,1-2H3;1H. The van der Waals surface area contributed by atoms with Crippen molar-refractivity contribution >= 4 is 22.4 Å². The molecule has 0 aliphatic rings. The van der Waals surface area contributed by atoms with E-state index in [4.69, 9.17) is 4.52 Å². The Morgan fingerprint density at radius 3 is 2.62 bits per heavy atom. The van der Waals surface area contributed by atoms with Gasteiger partial charge in [-0.3, -0.25) is 0 Å². The molecule has 146 valence electrons. The van der Waals surface area contributed by atoms with Crippen LogP contribution in [0, 0.1) is 0 Å². The lowest BCUT2D eigenvalue weighted by molar-refractivity contribution is -0.137. The third kappa shape index (κ3) is 5.94. The minimum Gasteiger partial charge on any atom is -0.338 e. The van der Waals surface area contributed by atoms with E-state index >= 15 is 0 Å². The summed E-state index contributed by atoms with van der Waals surface area (Å²) in [7, 11) is -2.38. The molecule has 1 unspecified atom stereocenters. The molecule has 0 fully saturated rings. The van der Waals surface area contributed by atoms with Crippen LogP contribution in [-0.4, -0.2) is 31.6 Å². The van der Waals surface area contributed by atoms with Crippen LogP contribution in [0.3, 0.4) is 0 Å². The lowest BCUT2D eigenvalue weighted by Crippen LogP contribution is -2.25. The van der Waals surface area contributed by atoms with Gasteiger partial charge in [0.15, 0.2) is 5.82 Å². The van der Waals surface area contributed by atoms with E-state index in [1.165, 1.54) is 0 Å². The average Bonchev–Trinajstić information content (AvgIpc) is 3.00. The van der Waals surface area contributed by atoms with Crippen LogP contribution >= 0.6 is 12.4 Å². The van der Waals surface area contributed by atoms with Gasteiger partial charge in [-0.25, -0.2) is 13.1 Å². The molecule has 26 heavy (non-hydrogen) atoms. The van der Waals surface area contributed by atoms with Gasteiger partial charge < -0.3 is 9.84 Å². The third-order valence-corrected chi connectivity index (χ3v) is 4.78. The third-order valence-electron chi connectivity index (χ3n) is 3.38. The van der Waals surface area contributed by atoms with Gasteiger partial charge in [-0.2, -0.15) is 18.2 Å². The van der Waals surface area contributed by atoms with Crippen molar-refractivity contribution < 1.29 is 26.1 Å². The zero-order valence-corrected chi connectivity index (χ0v) is 15.5. The first-order chi connectivity index (χ1) is 11.6. The number of nitrogens with one attached hydrogen (secondary N) is 2. The number of likely N-dealkylation sites (N-methyl/N-ethyl adjacent to an activating group) is 1. The number of aromatic nitrogens is 2. The van der Waals surface area contributed by atoms with Crippen molar-refractivity contribution in [2.24, 2.45) is 0 Å². The van der Waals surface area contributed by atoms with E-state index in [-0.39, 0.29) is 30.9 Å². The maximum absolute atomic E-state index is 12.7. The molecule has 7 nitrogen and oxygen atoms in total. The Morgan fingerprint density at radius 1 is 1.31 bits per heavy atom. The van der Waals surface area contributed by atoms with Gasteiger partial charge >= 0.3 is 6.18 Å². The zero-order valence-electron chi connectivity index (χ0n) is 13.9. The molecule has 2 rings (SSSR count). The molecule has 0 spiro atoms. The average molecular weight is 415 g/mol. The maximum Gasteiger partial charge on any atom is 0.416 e. The highest BCUT2D eigenvalue weighted by molar-refractivity contribution is 7.89. The Labute approximate surface area is 154 Å². The molecule has 2 aromatic rings. The van der Waals surface area contributed by atoms with Gasteiger partial charge in [-0.1, -0.05) is 11.2 Å². The fourth-order valence-corrected chi connectivity index (χ4v) is 2.92. The predicted molar refractivity (Wildman–Crippen MR) is 89.2 cm³/mol. The number of benzene rings is 1. The number of sulfonamides is 1. The van der Waals surface area contributed by atoms with Crippen molar-refractivity contribution in [2.45, 2.75) is 37.0 Å². The smallest absolute Gasteiger partial charge is 0.338 e. The predicted octanol–water partition coefficient (Wildman–Crippen LogP) is 2.14. The second-order valence-corrected chi connectivity index (χ2v) is 7.12. The fourth-order valence-electron chi connectivity index (χ4n) is 1.90. The van der Waals surface area contributed by atoms with Gasteiger partial charge in [-0.05, 0) is 32.2 Å². The van der Waals surface area contributed by atoms with Crippen molar-refractivity contribution in [3.8, 4) is 0 Å². The van der Waals surface area contributed by atoms with Crippen molar-refractivity contribution in [2.75, 3.05) is 7.05 Å². The molecule has 2 N–H and O–H groups in total. The number of hydrogen-bond acceptors (Lipinski definition) is 6. The first kappa shape index (κ1) is 22.4. The van der Waals surface area contributed by atoms with E-state index in [2.05, 4.69) is 20.2 Å². The second-order valence-electron chi connectivity index (χ2n) is 5.35. The summed E-state index contributed by atoms with van der Waals surface area (Å²) in [5.74, 6) is 0.420. The molecule has 0 bridgehead atoms. The van der Waals surface area contributed by atoms with Crippen molar-refractivity contribution in [1.82, 2.24) is 20.2 Å². The molecule has 0 radical (unpaired) electrons. The summed E-state index contributed by atoms with van der Waals surface area (Å²) >= 11 is 0. The first-order valence-corrected chi connectivity index (χ1v) is 8.76. The molecule has 0 aliphatic heterocycles. The molecular weight excluding hydrogens is 397 g/mol. The molecule has 1 heterocycles. The van der Waals surface area contributed by atoms with Gasteiger partial charge in [0.1, 0.15) is 0 Å². The quantitative estimate of drug-likeness (QED) is 0.720. The highest BCUT2D eigenvalue weighted by Gasteiger charge is 2.31. The van der Waals surface area contributed by atoms with E-state index in [1.807, 2.05) is 6.92 Å². The Morgan fingerprint density at radius 2 is 2.00 bits per heavy atom. The molecule has 1 aromatic heterocycles. The summed E-state index contributed by atoms with van der Waals surface area (Å²) in [5.41, 5.74) is -1.04. The first-order valence-electron chi connectivity index (χ1n) is 7.27. The number of hydrogen-bond donors (Lipinski definition) is 2. The van der Waals surface area contributed by atoms with Crippen LogP contribution in [0.5, 0.6) is 0 Å². The van der Waals surface area contributed by atoms with Crippen LogP contribution in [0.1, 0.15) is 24.2 Å². The van der Waals surface area contributed by atoms with Crippen molar-refractivity contribution in [3.05, 3.63) is 41.5 Å². The Kier molecular flexibility index (Phi) is 7.57. The van der Waals surface area contributed by atoms with E-state index in [0.29, 0.717) is 18.3 Å². The molecule has 1 atom stereocenters. The number of halogens is 4. The largest absolute Gasteiger partial charge is 0.416 e. The second kappa shape index (κ2) is 8.80. The molecule has 0 aliphatic carbocycles. The van der Waals surface area contributed by atoms with Crippen molar-refractivity contribution in [1.29, 1.82) is 0 Å². The lowest BCUT2D eigenvalue weighted by atomic mass is 10.2. The lowest BCUT2D eigenvalue weighted by Gasteiger charge is -2.09. The number of nitrogens with zero attached hydrogens (tertiary/aromatic N) is 2. The van der Waals surface area contributed by atoms with E-state index in [9.17, 15) is 21.6 Å². The highest BCUT2D eigenvalue weighted by Crippen LogP contribution is 2.30. The Balaban J connectivity index is 0.00000338. The molecule has 0 amide bonds. The van der Waals surface area contributed by atoms with Crippen LogP contribution in [0.4, 0.5) is 13.2 Å². The van der Waals surface area contributed by atoms with Crippen LogP contribution in [-0.2, 0) is 29.2 Å². The van der Waals surface area contributed by atoms with Crippen molar-refractivity contribution in [3.63, 3.8) is 0 Å². The van der Waals surface area contributed by atoms with Gasteiger partial charge in [0.05, 0.1) is 17.0 Å². The summed E-state index contributed by atoms with van der Waals surface area (Å²) in [5, 5.41) is 6.71. The fraction of sp³-hybridized carbons (Fsp3) is 0.429. The minimum atomic E-state index is -4.63. The Hall–Kier alpha value is -1.69. The Bertz CT molecular complexity index is 827. The SMILES string of the molecule is CNC(C)Cc1noc(CNS(=O)(=O)c2cccc(C(F)(F)F)c2)n1.Cl. The van der Waals surface area contributed by atoms with Gasteiger partial charge in [0.25, 0.3) is 0 Å². The summed E-state index contributed by atoms with van der Waals surface area (Å²) in [6, 6.07) is 3.57. The number of rotatable bonds is 7. The van der Waals surface area contributed by atoms with E-state index < -0.39 is 26.7 Å². The molecule has 1 aromatic carbocycles. The summed E-state index contributed by atoms with van der Waals surface area (Å²) in [6.07, 6.45) is -4.14. The molecular formula is C14H18ClF3N4O3S. The van der Waals surface area contributed by atoms with Gasteiger partial charge in [-0.15, -0.1) is 12.4 Å². The molecule has 0 saturated carbocycles. The van der Waals surface area contributed by atoms with Crippen LogP contribution in [0.2, 0.25) is 0 Å². The van der Waals surface area contributed by atoms with Crippen LogP contribution in [0.25, 0.3) is 0 Å². The summed E-state index contributed by atoms with van der Waals surface area (Å²) in [6.45, 7) is 1.59. The number of alkyl halides is 3. The zero-order chi connectivity index (χ0) is 18.7. The topological polar surface area (TPSA) is 97.1 Å². The summed E-state index contributed by atoms with van der Waals surface area (Å²) < 4.78 is 69.4. The normalized spacial score (nSPS) is 13.3. The monoisotopic (exact) mass is 414 g/mol. The van der Waals surface area contributed by atoms with Gasteiger partial charge in [0, 0.05) is 12.5 Å². The molecule has 0 saturated heterocycles. The van der Waals surface area contributed by atoms with Gasteiger partial charge in [0.2, 0.25) is 15.9 Å². The van der Waals surface area contributed by atoms with Crippen LogP contribution in [0.15, 0.2) is 33.7 Å². The summed E-state index contributed by atoms with van der Waals surface area (Å²) in [4.78, 5) is 3.53.